The molecule has 62 heavy (non-hydrogen) atoms. The highest BCUT2D eigenvalue weighted by Gasteiger charge is 2.23. The van der Waals surface area contributed by atoms with Gasteiger partial charge in [-0.15, -0.1) is 0 Å². The van der Waals surface area contributed by atoms with Gasteiger partial charge >= 0.3 is 0 Å². The largest absolute Gasteiger partial charge is 0.309 e. The minimum atomic E-state index is 0.598. The second-order valence-corrected chi connectivity index (χ2v) is 15.8. The van der Waals surface area contributed by atoms with Crippen LogP contribution < -0.4 is 4.90 Å². The molecule has 10 aromatic carbocycles. The predicted octanol–water partition coefficient (Wildman–Crippen LogP) is 15.5. The number of fused-ring (bicyclic) bond motifs is 7. The second-order valence-electron chi connectivity index (χ2n) is 15.8. The normalized spacial score (nSPS) is 11.5. The molecule has 2 heterocycles. The van der Waals surface area contributed by atoms with Gasteiger partial charge in [-0.3, -0.25) is 4.90 Å². The van der Waals surface area contributed by atoms with E-state index in [9.17, 15) is 0 Å². The molecule has 290 valence electrons. The molecule has 0 aliphatic carbocycles. The second kappa shape index (κ2) is 14.7. The number of hydrogen-bond acceptors (Lipinski definition) is 3. The number of anilines is 3. The van der Waals surface area contributed by atoms with E-state index in [-0.39, 0.29) is 0 Å². The number of para-hydroxylation sites is 4. The molecule has 0 amide bonds. The maximum atomic E-state index is 5.51. The maximum absolute atomic E-state index is 5.51. The first-order valence-electron chi connectivity index (χ1n) is 21.1. The maximum Gasteiger partial charge on any atom is 0.235 e. The Morgan fingerprint density at radius 3 is 1.76 bits per heavy atom. The van der Waals surface area contributed by atoms with Crippen molar-refractivity contribution in [3.8, 4) is 39.2 Å². The fourth-order valence-electron chi connectivity index (χ4n) is 9.37. The molecule has 0 fully saturated rings. The first-order chi connectivity index (χ1) is 30.8. The third kappa shape index (κ3) is 5.92. The Morgan fingerprint density at radius 1 is 0.355 bits per heavy atom. The average molecular weight is 791 g/mol. The van der Waals surface area contributed by atoms with Crippen molar-refractivity contribution in [1.29, 1.82) is 0 Å². The summed E-state index contributed by atoms with van der Waals surface area (Å²) in [5.41, 5.74) is 12.8. The number of rotatable bonds is 7. The van der Waals surface area contributed by atoms with Gasteiger partial charge in [-0.2, -0.15) is 0 Å². The van der Waals surface area contributed by atoms with Crippen LogP contribution in [-0.4, -0.2) is 14.5 Å². The average Bonchev–Trinajstić information content (AvgIpc) is 3.69. The van der Waals surface area contributed by atoms with Gasteiger partial charge in [0, 0.05) is 33.1 Å². The van der Waals surface area contributed by atoms with E-state index < -0.39 is 0 Å². The summed E-state index contributed by atoms with van der Waals surface area (Å²) in [6.45, 7) is 0. The van der Waals surface area contributed by atoms with E-state index in [0.29, 0.717) is 5.95 Å². The lowest BCUT2D eigenvalue weighted by molar-refractivity contribution is 1.11. The number of aromatic nitrogens is 3. The van der Waals surface area contributed by atoms with Gasteiger partial charge in [0.2, 0.25) is 5.95 Å². The van der Waals surface area contributed by atoms with Gasteiger partial charge in [0.25, 0.3) is 0 Å². The quantitative estimate of drug-likeness (QED) is 0.161. The molecule has 12 rings (SSSR count). The third-order valence-electron chi connectivity index (χ3n) is 12.1. The molecule has 0 bridgehead atoms. The van der Waals surface area contributed by atoms with Crippen LogP contribution in [0.1, 0.15) is 0 Å². The number of hydrogen-bond donors (Lipinski definition) is 0. The highest BCUT2D eigenvalue weighted by Crippen LogP contribution is 2.46. The summed E-state index contributed by atoms with van der Waals surface area (Å²) < 4.78 is 2.42. The molecule has 0 saturated heterocycles. The van der Waals surface area contributed by atoms with Crippen LogP contribution in [-0.2, 0) is 0 Å². The van der Waals surface area contributed by atoms with Crippen molar-refractivity contribution in [3.63, 3.8) is 0 Å². The topological polar surface area (TPSA) is 34.0 Å². The molecular weight excluding hydrogens is 753 g/mol. The summed E-state index contributed by atoms with van der Waals surface area (Å²) in [5.74, 6) is 0.598. The Hall–Kier alpha value is -8.34. The van der Waals surface area contributed by atoms with Crippen LogP contribution in [0.15, 0.2) is 231 Å². The fraction of sp³-hybridized carbons (Fsp3) is 0. The Kier molecular flexibility index (Phi) is 8.46. The lowest BCUT2D eigenvalue weighted by Gasteiger charge is -2.26. The van der Waals surface area contributed by atoms with Crippen molar-refractivity contribution in [3.05, 3.63) is 231 Å². The molecule has 0 N–H and O–H groups in total. The van der Waals surface area contributed by atoms with Gasteiger partial charge in [-0.05, 0) is 104 Å². The molecule has 0 aliphatic heterocycles. The van der Waals surface area contributed by atoms with Gasteiger partial charge < -0.3 is 4.57 Å². The van der Waals surface area contributed by atoms with Gasteiger partial charge in [0.15, 0.2) is 0 Å². The van der Waals surface area contributed by atoms with Crippen LogP contribution in [0.25, 0.3) is 93.5 Å². The minimum absolute atomic E-state index is 0.598. The molecule has 0 radical (unpaired) electrons. The van der Waals surface area contributed by atoms with Gasteiger partial charge in [0.1, 0.15) is 0 Å². The van der Waals surface area contributed by atoms with Crippen LogP contribution in [0, 0.1) is 0 Å². The van der Waals surface area contributed by atoms with Crippen molar-refractivity contribution in [2.75, 3.05) is 4.90 Å². The number of nitrogens with zero attached hydrogens (tertiary/aromatic N) is 4. The lowest BCUT2D eigenvalue weighted by Crippen LogP contribution is -2.14. The zero-order chi connectivity index (χ0) is 41.0. The molecule has 0 unspecified atom stereocenters. The summed E-state index contributed by atoms with van der Waals surface area (Å²) in [7, 11) is 0. The molecule has 0 aliphatic rings. The molecule has 0 atom stereocenters. The third-order valence-corrected chi connectivity index (χ3v) is 12.1. The van der Waals surface area contributed by atoms with Gasteiger partial charge in [-0.25, -0.2) is 9.97 Å². The van der Waals surface area contributed by atoms with Crippen molar-refractivity contribution < 1.29 is 0 Å². The molecule has 4 heteroatoms. The monoisotopic (exact) mass is 790 g/mol. The first kappa shape index (κ1) is 35.6. The summed E-state index contributed by atoms with van der Waals surface area (Å²) in [6, 6.07) is 82.2. The van der Waals surface area contributed by atoms with E-state index in [4.69, 9.17) is 9.97 Å². The Morgan fingerprint density at radius 2 is 0.952 bits per heavy atom. The van der Waals surface area contributed by atoms with E-state index in [0.717, 1.165) is 66.9 Å². The molecule has 0 saturated carbocycles. The predicted molar refractivity (Wildman–Crippen MR) is 260 cm³/mol. The highest BCUT2D eigenvalue weighted by molar-refractivity contribution is 6.25. The van der Waals surface area contributed by atoms with Gasteiger partial charge in [0.05, 0.1) is 27.9 Å². The molecule has 0 spiro atoms. The fourth-order valence-corrected chi connectivity index (χ4v) is 9.37. The lowest BCUT2D eigenvalue weighted by atomic mass is 9.91. The summed E-state index contributed by atoms with van der Waals surface area (Å²) in [6.07, 6.45) is 0. The standard InChI is InChI=1S/C58H38N4/c1-4-19-39(20-5-1)40-22-18-23-42(35-40)57-49-31-14-16-33-53(49)59-58(60-57)61(43-24-6-2-7-25-43)45-36-41-21-10-11-28-46(41)51(37-45)52-38-55-56(48-30-13-12-29-47(48)52)50-32-15-17-34-54(50)62(55)44-26-8-3-9-27-44/h1-38H. The number of benzene rings is 10. The van der Waals surface area contributed by atoms with Crippen LogP contribution in [0.2, 0.25) is 0 Å². The van der Waals surface area contributed by atoms with Crippen molar-refractivity contribution in [2.45, 2.75) is 0 Å². The Labute approximate surface area is 359 Å². The first-order valence-corrected chi connectivity index (χ1v) is 21.1. The molecule has 4 nitrogen and oxygen atoms in total. The van der Waals surface area contributed by atoms with Crippen molar-refractivity contribution in [1.82, 2.24) is 14.5 Å². The minimum Gasteiger partial charge on any atom is -0.309 e. The van der Waals surface area contributed by atoms with E-state index in [2.05, 4.69) is 240 Å². The SMILES string of the molecule is c1ccc(-c2cccc(-c3nc(N(c4ccccc4)c4cc(-c5cc6c(c7ccccc57)c5ccccc5n6-c5ccccc5)c5ccccc5c4)nc4ccccc34)c2)cc1. The van der Waals surface area contributed by atoms with Gasteiger partial charge in [-0.1, -0.05) is 170 Å². The zero-order valence-electron chi connectivity index (χ0n) is 33.7. The van der Waals surface area contributed by atoms with Crippen LogP contribution in [0.4, 0.5) is 17.3 Å². The molecular formula is C58H38N4. The molecule has 12 aromatic rings. The Balaban J connectivity index is 1.13. The summed E-state index contributed by atoms with van der Waals surface area (Å²) in [5, 5.41) is 8.22. The molecule has 2 aromatic heterocycles. The smallest absolute Gasteiger partial charge is 0.235 e. The summed E-state index contributed by atoms with van der Waals surface area (Å²) in [4.78, 5) is 13.1. The van der Waals surface area contributed by atoms with E-state index in [1.807, 2.05) is 0 Å². The van der Waals surface area contributed by atoms with E-state index >= 15 is 0 Å². The zero-order valence-corrected chi connectivity index (χ0v) is 33.7. The highest BCUT2D eigenvalue weighted by atomic mass is 15.3. The van der Waals surface area contributed by atoms with Crippen molar-refractivity contribution in [2.24, 2.45) is 0 Å². The van der Waals surface area contributed by atoms with Crippen LogP contribution in [0.5, 0.6) is 0 Å². The summed E-state index contributed by atoms with van der Waals surface area (Å²) >= 11 is 0. The van der Waals surface area contributed by atoms with E-state index in [1.165, 1.54) is 38.0 Å². The Bertz CT molecular complexity index is 3630. The van der Waals surface area contributed by atoms with Crippen LogP contribution >= 0.6 is 0 Å². The van der Waals surface area contributed by atoms with E-state index in [1.54, 1.807) is 0 Å². The van der Waals surface area contributed by atoms with Crippen LogP contribution in [0.3, 0.4) is 0 Å². The van der Waals surface area contributed by atoms with Crippen molar-refractivity contribution >= 4 is 71.6 Å².